The highest BCUT2D eigenvalue weighted by atomic mass is 35.5. The summed E-state index contributed by atoms with van der Waals surface area (Å²) in [6, 6.07) is 8.99. The number of carbonyl (C=O) groups excluding carboxylic acids is 2. The fourth-order valence-corrected chi connectivity index (χ4v) is 3.47. The zero-order valence-corrected chi connectivity index (χ0v) is 18.3. The van der Waals surface area contributed by atoms with Crippen molar-refractivity contribution in [1.29, 1.82) is 0 Å². The van der Waals surface area contributed by atoms with Gasteiger partial charge in [0.05, 0.1) is 35.0 Å². The van der Waals surface area contributed by atoms with Crippen LogP contribution in [0.25, 0.3) is 0 Å². The van der Waals surface area contributed by atoms with E-state index in [9.17, 15) is 14.7 Å². The lowest BCUT2D eigenvalue weighted by molar-refractivity contribution is -0.127. The Hall–Kier alpha value is -2.77. The number of pyridine rings is 1. The zero-order valence-electron chi connectivity index (χ0n) is 16.8. The average molecular weight is 464 g/mol. The molecule has 0 bridgehead atoms. The largest absolute Gasteiger partial charge is 0.503 e. The fraction of sp³-hybridized carbons (Fsp3) is 0.318. The van der Waals surface area contributed by atoms with Crippen molar-refractivity contribution in [1.82, 2.24) is 15.2 Å². The lowest BCUT2D eigenvalue weighted by atomic mass is 10.1. The number of ether oxygens (including phenoxy) is 1. The molecule has 7 nitrogen and oxygen atoms in total. The lowest BCUT2D eigenvalue weighted by Crippen LogP contribution is -2.32. The predicted octanol–water partition coefficient (Wildman–Crippen LogP) is 3.56. The number of benzene rings is 1. The Labute approximate surface area is 190 Å². The number of amides is 2. The first-order valence-corrected chi connectivity index (χ1v) is 10.7. The minimum absolute atomic E-state index is 0.0795. The average Bonchev–Trinajstić information content (AvgIpc) is 3.06. The molecular formula is C22H23Cl2N3O4. The van der Waals surface area contributed by atoms with Crippen molar-refractivity contribution in [3.8, 4) is 5.75 Å². The van der Waals surface area contributed by atoms with E-state index in [0.717, 1.165) is 5.56 Å². The van der Waals surface area contributed by atoms with E-state index in [2.05, 4.69) is 10.3 Å². The van der Waals surface area contributed by atoms with Gasteiger partial charge in [0, 0.05) is 19.3 Å². The number of rotatable bonds is 10. The normalized spacial score (nSPS) is 13.6. The van der Waals surface area contributed by atoms with Crippen molar-refractivity contribution in [2.24, 2.45) is 0 Å². The molecule has 31 heavy (non-hydrogen) atoms. The molecular weight excluding hydrogens is 441 g/mol. The van der Waals surface area contributed by atoms with Crippen LogP contribution in [0.15, 0.2) is 54.1 Å². The smallest absolute Gasteiger partial charge is 0.289 e. The van der Waals surface area contributed by atoms with E-state index in [-0.39, 0.29) is 12.1 Å². The number of nitrogens with one attached hydrogen (secondary N) is 1. The standard InChI is InChI=1S/C22H23Cl2N3O4/c23-18-7-6-15(12-19(18)24)4-1-9-26-21(29)17-14-27(22(30)20(17)28)10-3-11-31-16-5-2-8-25-13-16/h2,5-8,12-13,28H,1,3-4,9-11,14H2,(H,26,29). The monoisotopic (exact) mass is 463 g/mol. The molecule has 2 amide bonds. The molecule has 0 aliphatic carbocycles. The summed E-state index contributed by atoms with van der Waals surface area (Å²) in [7, 11) is 0. The zero-order chi connectivity index (χ0) is 22.2. The second-order valence-corrected chi connectivity index (χ2v) is 7.87. The van der Waals surface area contributed by atoms with E-state index in [1.807, 2.05) is 6.07 Å². The summed E-state index contributed by atoms with van der Waals surface area (Å²) in [5.41, 5.74) is 1.11. The molecule has 0 radical (unpaired) electrons. The Balaban J connectivity index is 1.39. The highest BCUT2D eigenvalue weighted by molar-refractivity contribution is 6.42. The van der Waals surface area contributed by atoms with Gasteiger partial charge in [-0.15, -0.1) is 0 Å². The molecule has 164 valence electrons. The third-order valence-corrected chi connectivity index (χ3v) is 5.53. The summed E-state index contributed by atoms with van der Waals surface area (Å²) < 4.78 is 5.55. The van der Waals surface area contributed by atoms with Crippen LogP contribution in [-0.4, -0.2) is 53.0 Å². The van der Waals surface area contributed by atoms with Gasteiger partial charge in [-0.3, -0.25) is 14.6 Å². The summed E-state index contributed by atoms with van der Waals surface area (Å²) in [6.45, 7) is 1.25. The van der Waals surface area contributed by atoms with Crippen LogP contribution in [0.3, 0.4) is 0 Å². The van der Waals surface area contributed by atoms with Gasteiger partial charge >= 0.3 is 0 Å². The molecule has 0 saturated heterocycles. The Kier molecular flexibility index (Phi) is 8.14. The van der Waals surface area contributed by atoms with Gasteiger partial charge in [0.1, 0.15) is 5.75 Å². The molecule has 2 heterocycles. The van der Waals surface area contributed by atoms with E-state index in [1.165, 1.54) is 4.90 Å². The maximum atomic E-state index is 12.4. The highest BCUT2D eigenvalue weighted by Crippen LogP contribution is 2.23. The Bertz CT molecular complexity index is 966. The third kappa shape index (κ3) is 6.35. The number of nitrogens with zero attached hydrogens (tertiary/aromatic N) is 2. The number of aromatic nitrogens is 1. The van der Waals surface area contributed by atoms with Crippen LogP contribution >= 0.6 is 23.2 Å². The van der Waals surface area contributed by atoms with Gasteiger partial charge < -0.3 is 20.1 Å². The van der Waals surface area contributed by atoms with Crippen LogP contribution < -0.4 is 10.1 Å². The van der Waals surface area contributed by atoms with Crippen molar-refractivity contribution >= 4 is 35.0 Å². The molecule has 9 heteroatoms. The number of aryl methyl sites for hydroxylation is 1. The summed E-state index contributed by atoms with van der Waals surface area (Å²) in [4.78, 5) is 30.0. The Morgan fingerprint density at radius 1 is 1.23 bits per heavy atom. The Morgan fingerprint density at radius 2 is 2.06 bits per heavy atom. The topological polar surface area (TPSA) is 91.8 Å². The van der Waals surface area contributed by atoms with E-state index in [1.54, 1.807) is 36.7 Å². The van der Waals surface area contributed by atoms with Crippen LogP contribution in [0.5, 0.6) is 5.75 Å². The number of aliphatic hydroxyl groups excluding tert-OH is 1. The maximum absolute atomic E-state index is 12.4. The number of aliphatic hydroxyl groups is 1. The first-order chi connectivity index (χ1) is 15.0. The van der Waals surface area contributed by atoms with Crippen molar-refractivity contribution in [3.63, 3.8) is 0 Å². The Morgan fingerprint density at radius 3 is 2.81 bits per heavy atom. The van der Waals surface area contributed by atoms with Gasteiger partial charge in [-0.2, -0.15) is 0 Å². The van der Waals surface area contributed by atoms with Crippen LogP contribution in [0.1, 0.15) is 18.4 Å². The minimum atomic E-state index is -0.540. The second-order valence-electron chi connectivity index (χ2n) is 7.05. The number of hydrogen-bond acceptors (Lipinski definition) is 5. The maximum Gasteiger partial charge on any atom is 0.289 e. The quantitative estimate of drug-likeness (QED) is 0.525. The molecule has 2 aromatic rings. The summed E-state index contributed by atoms with van der Waals surface area (Å²) >= 11 is 11.9. The molecule has 0 spiro atoms. The van der Waals surface area contributed by atoms with Crippen LogP contribution in [-0.2, 0) is 16.0 Å². The molecule has 1 aromatic heterocycles. The first-order valence-electron chi connectivity index (χ1n) is 9.92. The van der Waals surface area contributed by atoms with Crippen LogP contribution in [0.2, 0.25) is 10.0 Å². The molecule has 1 aliphatic heterocycles. The summed E-state index contributed by atoms with van der Waals surface area (Å²) in [5.74, 6) is -0.816. The van der Waals surface area contributed by atoms with Gasteiger partial charge in [0.15, 0.2) is 5.76 Å². The first kappa shape index (κ1) is 22.9. The van der Waals surface area contributed by atoms with Gasteiger partial charge in [0.2, 0.25) is 0 Å². The molecule has 0 fully saturated rings. The highest BCUT2D eigenvalue weighted by Gasteiger charge is 2.33. The van der Waals surface area contributed by atoms with Crippen molar-refractivity contribution in [2.45, 2.75) is 19.3 Å². The second kappa shape index (κ2) is 11.0. The predicted molar refractivity (Wildman–Crippen MR) is 118 cm³/mol. The third-order valence-electron chi connectivity index (χ3n) is 4.79. The SMILES string of the molecule is O=C(NCCCc1ccc(Cl)c(Cl)c1)C1=C(O)C(=O)N(CCCOc2cccnc2)C1. The van der Waals surface area contributed by atoms with E-state index in [4.69, 9.17) is 27.9 Å². The number of hydrogen-bond donors (Lipinski definition) is 2. The van der Waals surface area contributed by atoms with E-state index >= 15 is 0 Å². The number of halogens is 2. The van der Waals surface area contributed by atoms with Crippen molar-refractivity contribution < 1.29 is 19.4 Å². The van der Waals surface area contributed by atoms with Gasteiger partial charge in [-0.1, -0.05) is 29.3 Å². The molecule has 1 aromatic carbocycles. The van der Waals surface area contributed by atoms with Crippen LogP contribution in [0.4, 0.5) is 0 Å². The van der Waals surface area contributed by atoms with Gasteiger partial charge in [-0.05, 0) is 49.1 Å². The summed E-state index contributed by atoms with van der Waals surface area (Å²) in [6.07, 6.45) is 5.22. The van der Waals surface area contributed by atoms with Crippen molar-refractivity contribution in [3.05, 3.63) is 69.7 Å². The van der Waals surface area contributed by atoms with Gasteiger partial charge in [0.25, 0.3) is 11.8 Å². The van der Waals surface area contributed by atoms with E-state index < -0.39 is 17.6 Å². The minimum Gasteiger partial charge on any atom is -0.503 e. The van der Waals surface area contributed by atoms with Crippen LogP contribution in [0, 0.1) is 0 Å². The molecule has 0 saturated carbocycles. The van der Waals surface area contributed by atoms with Crippen molar-refractivity contribution in [2.75, 3.05) is 26.2 Å². The molecule has 0 atom stereocenters. The number of carbonyl (C=O) groups is 2. The van der Waals surface area contributed by atoms with E-state index in [0.29, 0.717) is 54.8 Å². The van der Waals surface area contributed by atoms with Gasteiger partial charge in [-0.25, -0.2) is 0 Å². The molecule has 1 aliphatic rings. The lowest BCUT2D eigenvalue weighted by Gasteiger charge is -2.16. The fourth-order valence-electron chi connectivity index (χ4n) is 3.15. The molecule has 3 rings (SSSR count). The molecule has 2 N–H and O–H groups in total. The summed E-state index contributed by atoms with van der Waals surface area (Å²) in [5, 5.41) is 13.8. The molecule has 0 unspecified atom stereocenters.